The van der Waals surface area contributed by atoms with Crippen molar-refractivity contribution in [1.29, 1.82) is 0 Å². The summed E-state index contributed by atoms with van der Waals surface area (Å²) in [4.78, 5) is 14.5. The Hall–Kier alpha value is -2.75. The monoisotopic (exact) mass is 351 g/mol. The molecule has 0 amide bonds. The van der Waals surface area contributed by atoms with Gasteiger partial charge < -0.3 is 14.4 Å². The van der Waals surface area contributed by atoms with Gasteiger partial charge in [-0.25, -0.2) is 0 Å². The number of benzene rings is 2. The van der Waals surface area contributed by atoms with Gasteiger partial charge in [0.25, 0.3) is 0 Å². The van der Waals surface area contributed by atoms with Crippen LogP contribution < -0.4 is 14.4 Å². The first kappa shape index (κ1) is 18.1. The number of ether oxygens (including phenoxy) is 2. The number of rotatable bonds is 4. The van der Waals surface area contributed by atoms with Gasteiger partial charge in [0.15, 0.2) is 17.3 Å². The van der Waals surface area contributed by atoms with Crippen molar-refractivity contribution < 1.29 is 14.3 Å². The van der Waals surface area contributed by atoms with Crippen molar-refractivity contribution in [3.8, 4) is 11.5 Å². The van der Waals surface area contributed by atoms with E-state index in [9.17, 15) is 4.79 Å². The molecule has 0 unspecified atom stereocenters. The maximum Gasteiger partial charge on any atom is 0.185 e. The van der Waals surface area contributed by atoms with Gasteiger partial charge in [-0.3, -0.25) is 4.79 Å². The summed E-state index contributed by atoms with van der Waals surface area (Å²) in [6, 6.07) is 13.4. The minimum atomic E-state index is -0.0587. The van der Waals surface area contributed by atoms with Gasteiger partial charge in [-0.05, 0) is 42.0 Å². The van der Waals surface area contributed by atoms with Crippen LogP contribution >= 0.6 is 0 Å². The Morgan fingerprint density at radius 2 is 1.65 bits per heavy atom. The maximum atomic E-state index is 12.5. The summed E-state index contributed by atoms with van der Waals surface area (Å²) in [7, 11) is 4.00. The van der Waals surface area contributed by atoms with Crippen LogP contribution in [0.3, 0.4) is 0 Å². The third kappa shape index (κ3) is 4.26. The Morgan fingerprint density at radius 1 is 1.00 bits per heavy atom. The van der Waals surface area contributed by atoms with E-state index in [1.807, 2.05) is 55.4 Å². The van der Waals surface area contributed by atoms with Crippen molar-refractivity contribution in [2.24, 2.45) is 5.41 Å². The summed E-state index contributed by atoms with van der Waals surface area (Å²) in [6.07, 6.45) is 3.42. The number of allylic oxidation sites excluding steroid dienone is 1. The van der Waals surface area contributed by atoms with E-state index in [2.05, 4.69) is 13.8 Å². The second-order valence-corrected chi connectivity index (χ2v) is 7.59. The van der Waals surface area contributed by atoms with Crippen LogP contribution in [0.15, 0.2) is 48.5 Å². The van der Waals surface area contributed by atoms with Crippen molar-refractivity contribution in [2.75, 3.05) is 32.2 Å². The molecule has 4 nitrogen and oxygen atoms in total. The van der Waals surface area contributed by atoms with E-state index in [-0.39, 0.29) is 11.2 Å². The lowest BCUT2D eigenvalue weighted by molar-refractivity contribution is 0.104. The number of fused-ring (bicyclic) bond motifs is 1. The van der Waals surface area contributed by atoms with E-state index in [0.717, 1.165) is 11.3 Å². The lowest BCUT2D eigenvalue weighted by Crippen LogP contribution is -2.26. The SMILES string of the molecule is CN(C)c1ccc(/C=C/C(=O)c2ccc3c(c2)OCC(C)(C)CO3)cc1. The highest BCUT2D eigenvalue weighted by atomic mass is 16.5. The Morgan fingerprint density at radius 3 is 2.31 bits per heavy atom. The summed E-state index contributed by atoms with van der Waals surface area (Å²) in [6.45, 7) is 5.34. The summed E-state index contributed by atoms with van der Waals surface area (Å²) >= 11 is 0. The zero-order chi connectivity index (χ0) is 18.7. The molecular weight excluding hydrogens is 326 g/mol. The van der Waals surface area contributed by atoms with Gasteiger partial charge >= 0.3 is 0 Å². The number of nitrogens with zero attached hydrogens (tertiary/aromatic N) is 1. The fourth-order valence-electron chi connectivity index (χ4n) is 2.63. The van der Waals surface area contributed by atoms with E-state index < -0.39 is 0 Å². The minimum absolute atomic E-state index is 0.0538. The van der Waals surface area contributed by atoms with Gasteiger partial charge in [-0.15, -0.1) is 0 Å². The predicted molar refractivity (Wildman–Crippen MR) is 105 cm³/mol. The third-order valence-corrected chi connectivity index (χ3v) is 4.30. The molecule has 26 heavy (non-hydrogen) atoms. The zero-order valence-electron chi connectivity index (χ0n) is 15.8. The van der Waals surface area contributed by atoms with E-state index in [1.165, 1.54) is 0 Å². The fraction of sp³-hybridized carbons (Fsp3) is 0.318. The topological polar surface area (TPSA) is 38.8 Å². The van der Waals surface area contributed by atoms with Gasteiger partial charge in [0.05, 0.1) is 13.2 Å². The molecule has 3 rings (SSSR count). The van der Waals surface area contributed by atoms with Crippen LogP contribution in [-0.4, -0.2) is 33.1 Å². The summed E-state index contributed by atoms with van der Waals surface area (Å²) in [5, 5.41) is 0. The molecule has 0 saturated heterocycles. The summed E-state index contributed by atoms with van der Waals surface area (Å²) in [5.74, 6) is 1.26. The Bertz CT molecular complexity index is 820. The van der Waals surface area contributed by atoms with Crippen molar-refractivity contribution in [1.82, 2.24) is 0 Å². The first-order valence-electron chi connectivity index (χ1n) is 8.73. The number of anilines is 1. The molecule has 1 aliphatic rings. The van der Waals surface area contributed by atoms with E-state index in [1.54, 1.807) is 18.2 Å². The Labute approximate surface area is 155 Å². The lowest BCUT2D eigenvalue weighted by atomic mass is 9.97. The van der Waals surface area contributed by atoms with Gasteiger partial charge in [-0.2, -0.15) is 0 Å². The van der Waals surface area contributed by atoms with Crippen LogP contribution in [0.1, 0.15) is 29.8 Å². The van der Waals surface area contributed by atoms with Gasteiger partial charge in [0.2, 0.25) is 0 Å². The number of carbonyl (C=O) groups is 1. The molecule has 0 aliphatic carbocycles. The lowest BCUT2D eigenvalue weighted by Gasteiger charge is -2.19. The number of ketones is 1. The number of hydrogen-bond donors (Lipinski definition) is 0. The van der Waals surface area contributed by atoms with Gasteiger partial charge in [0, 0.05) is 30.8 Å². The molecule has 0 atom stereocenters. The highest BCUT2D eigenvalue weighted by Gasteiger charge is 2.25. The van der Waals surface area contributed by atoms with Gasteiger partial charge in [-0.1, -0.05) is 32.1 Å². The highest BCUT2D eigenvalue weighted by molar-refractivity contribution is 6.07. The highest BCUT2D eigenvalue weighted by Crippen LogP contribution is 2.34. The minimum Gasteiger partial charge on any atom is -0.489 e. The van der Waals surface area contributed by atoms with Crippen LogP contribution in [0, 0.1) is 5.41 Å². The van der Waals surface area contributed by atoms with Crippen molar-refractivity contribution in [2.45, 2.75) is 13.8 Å². The molecule has 0 spiro atoms. The van der Waals surface area contributed by atoms with Crippen molar-refractivity contribution in [3.05, 3.63) is 59.7 Å². The normalized spacial score (nSPS) is 15.5. The first-order valence-corrected chi connectivity index (χ1v) is 8.73. The Kier molecular flexibility index (Phi) is 5.03. The molecule has 2 aromatic rings. The molecule has 0 bridgehead atoms. The van der Waals surface area contributed by atoms with E-state index >= 15 is 0 Å². The van der Waals surface area contributed by atoms with Crippen LogP contribution in [0.25, 0.3) is 6.08 Å². The van der Waals surface area contributed by atoms with Gasteiger partial charge in [0.1, 0.15) is 0 Å². The molecule has 4 heteroatoms. The number of carbonyl (C=O) groups excluding carboxylic acids is 1. The third-order valence-electron chi connectivity index (χ3n) is 4.30. The molecule has 0 saturated carbocycles. The molecular formula is C22H25NO3. The van der Waals surface area contributed by atoms with E-state index in [0.29, 0.717) is 30.3 Å². The van der Waals surface area contributed by atoms with Crippen LogP contribution in [-0.2, 0) is 0 Å². The quantitative estimate of drug-likeness (QED) is 0.603. The van der Waals surface area contributed by atoms with Crippen molar-refractivity contribution in [3.63, 3.8) is 0 Å². The summed E-state index contributed by atoms with van der Waals surface area (Å²) in [5.41, 5.74) is 2.65. The number of hydrogen-bond acceptors (Lipinski definition) is 4. The predicted octanol–water partition coefficient (Wildman–Crippen LogP) is 4.45. The molecule has 0 radical (unpaired) electrons. The second kappa shape index (κ2) is 7.24. The molecule has 0 fully saturated rings. The molecule has 0 N–H and O–H groups in total. The van der Waals surface area contributed by atoms with Crippen LogP contribution in [0.5, 0.6) is 11.5 Å². The molecule has 0 aromatic heterocycles. The second-order valence-electron chi connectivity index (χ2n) is 7.59. The van der Waals surface area contributed by atoms with Crippen LogP contribution in [0.2, 0.25) is 0 Å². The summed E-state index contributed by atoms with van der Waals surface area (Å²) < 4.78 is 11.6. The van der Waals surface area contributed by atoms with Crippen molar-refractivity contribution >= 4 is 17.5 Å². The molecule has 136 valence electrons. The fourth-order valence-corrected chi connectivity index (χ4v) is 2.63. The average molecular weight is 351 g/mol. The zero-order valence-corrected chi connectivity index (χ0v) is 15.8. The van der Waals surface area contributed by atoms with E-state index in [4.69, 9.17) is 9.47 Å². The maximum absolute atomic E-state index is 12.5. The Balaban J connectivity index is 1.73. The largest absolute Gasteiger partial charge is 0.489 e. The standard InChI is InChI=1S/C22H25NO3/c1-22(2)14-25-20-12-8-17(13-21(20)26-15-22)19(24)11-7-16-5-9-18(10-6-16)23(3)4/h5-13H,14-15H2,1-4H3/b11-7+. The van der Waals surface area contributed by atoms with Crippen LogP contribution in [0.4, 0.5) is 5.69 Å². The molecule has 1 heterocycles. The smallest absolute Gasteiger partial charge is 0.185 e. The first-order chi connectivity index (χ1) is 12.3. The molecule has 2 aromatic carbocycles. The average Bonchev–Trinajstić information content (AvgIpc) is 2.78. The molecule has 1 aliphatic heterocycles.